The molecule has 0 atom stereocenters. The topological polar surface area (TPSA) is 40.5 Å². The molecule has 3 nitrogen and oxygen atoms in total. The van der Waals surface area contributed by atoms with Crippen LogP contribution in [0.1, 0.15) is 10.4 Å². The van der Waals surface area contributed by atoms with Crippen molar-refractivity contribution in [3.63, 3.8) is 0 Å². The maximum atomic E-state index is 10.8. The summed E-state index contributed by atoms with van der Waals surface area (Å²) in [6.07, 6.45) is 0. The molecule has 82 valence electrons. The van der Waals surface area contributed by atoms with Gasteiger partial charge in [-0.15, -0.1) is 0 Å². The summed E-state index contributed by atoms with van der Waals surface area (Å²) in [6.45, 7) is 0. The lowest BCUT2D eigenvalue weighted by atomic mass is 10.1. The lowest BCUT2D eigenvalue weighted by molar-refractivity contribution is 0.0697. The molecule has 0 fully saturated rings. The zero-order valence-corrected chi connectivity index (χ0v) is 9.27. The first-order valence-corrected chi connectivity index (χ1v) is 5.02. The molecule has 0 radical (unpaired) electrons. The van der Waals surface area contributed by atoms with Gasteiger partial charge in [0.25, 0.3) is 0 Å². The summed E-state index contributed by atoms with van der Waals surface area (Å²) in [5, 5.41) is 10.9. The molecule has 0 aliphatic heterocycles. The minimum atomic E-state index is -0.890. The first-order chi connectivity index (χ1) is 7.58. The highest BCUT2D eigenvalue weighted by molar-refractivity contribution is 5.95. The van der Waals surface area contributed by atoms with E-state index in [9.17, 15) is 4.79 Å². The van der Waals surface area contributed by atoms with Crippen LogP contribution in [0.5, 0.6) is 0 Å². The van der Waals surface area contributed by atoms with Crippen molar-refractivity contribution in [3.05, 3.63) is 42.0 Å². The smallest absolute Gasteiger partial charge is 0.335 e. The molecular weight excluding hydrogens is 202 g/mol. The Morgan fingerprint density at radius 2 is 1.69 bits per heavy atom. The Morgan fingerprint density at radius 1 is 1.06 bits per heavy atom. The molecule has 0 aliphatic rings. The largest absolute Gasteiger partial charge is 0.478 e. The van der Waals surface area contributed by atoms with Crippen LogP contribution in [-0.4, -0.2) is 25.2 Å². The summed E-state index contributed by atoms with van der Waals surface area (Å²) in [4.78, 5) is 12.8. The molecule has 0 heterocycles. The lowest BCUT2D eigenvalue weighted by Gasteiger charge is -2.13. The van der Waals surface area contributed by atoms with E-state index < -0.39 is 5.97 Å². The number of anilines is 1. The van der Waals surface area contributed by atoms with Gasteiger partial charge in [-0.3, -0.25) is 0 Å². The van der Waals surface area contributed by atoms with E-state index in [4.69, 9.17) is 5.11 Å². The number of aromatic carboxylic acids is 1. The summed E-state index contributed by atoms with van der Waals surface area (Å²) >= 11 is 0. The number of carboxylic acids is 1. The first-order valence-electron chi connectivity index (χ1n) is 5.02. The predicted octanol–water partition coefficient (Wildman–Crippen LogP) is 2.60. The second-order valence-electron chi connectivity index (χ2n) is 3.95. The van der Waals surface area contributed by atoms with Crippen molar-refractivity contribution in [2.75, 3.05) is 19.0 Å². The molecule has 0 saturated carbocycles. The quantitative estimate of drug-likeness (QED) is 0.837. The zero-order chi connectivity index (χ0) is 11.7. The molecule has 0 amide bonds. The molecule has 2 aromatic rings. The molecule has 2 rings (SSSR count). The molecule has 0 aliphatic carbocycles. The van der Waals surface area contributed by atoms with Crippen LogP contribution in [0.4, 0.5) is 5.69 Å². The van der Waals surface area contributed by atoms with E-state index in [-0.39, 0.29) is 0 Å². The number of benzene rings is 2. The standard InChI is InChI=1S/C13H13NO2/c1-14(2)12-6-5-9-7-11(13(15)16)4-3-10(9)8-12/h3-8H,1-2H3,(H,15,16). The summed E-state index contributed by atoms with van der Waals surface area (Å²) < 4.78 is 0. The highest BCUT2D eigenvalue weighted by Gasteiger charge is 2.04. The van der Waals surface area contributed by atoms with Gasteiger partial charge >= 0.3 is 5.97 Å². The van der Waals surface area contributed by atoms with Gasteiger partial charge in [-0.25, -0.2) is 4.79 Å². The van der Waals surface area contributed by atoms with Gasteiger partial charge in [0, 0.05) is 19.8 Å². The van der Waals surface area contributed by atoms with Crippen LogP contribution < -0.4 is 4.90 Å². The minimum absolute atomic E-state index is 0.324. The Hall–Kier alpha value is -2.03. The van der Waals surface area contributed by atoms with E-state index in [1.165, 1.54) is 0 Å². The van der Waals surface area contributed by atoms with Crippen molar-refractivity contribution < 1.29 is 9.90 Å². The van der Waals surface area contributed by atoms with E-state index in [2.05, 4.69) is 0 Å². The summed E-state index contributed by atoms with van der Waals surface area (Å²) in [7, 11) is 3.96. The van der Waals surface area contributed by atoms with Gasteiger partial charge in [-0.1, -0.05) is 12.1 Å². The Kier molecular flexibility index (Phi) is 2.52. The Balaban J connectivity index is 2.57. The molecule has 3 heteroatoms. The fraction of sp³-hybridized carbons (Fsp3) is 0.154. The SMILES string of the molecule is CN(C)c1ccc2cc(C(=O)O)ccc2c1. The lowest BCUT2D eigenvalue weighted by Crippen LogP contribution is -2.08. The minimum Gasteiger partial charge on any atom is -0.478 e. The van der Waals surface area contributed by atoms with Crippen LogP contribution in [0.2, 0.25) is 0 Å². The number of carboxylic acid groups (broad SMARTS) is 1. The third-order valence-electron chi connectivity index (χ3n) is 2.59. The van der Waals surface area contributed by atoms with E-state index >= 15 is 0 Å². The van der Waals surface area contributed by atoms with Crippen LogP contribution in [0.15, 0.2) is 36.4 Å². The summed E-state index contributed by atoms with van der Waals surface area (Å²) in [5.74, 6) is -0.890. The van der Waals surface area contributed by atoms with Gasteiger partial charge in [0.2, 0.25) is 0 Å². The normalized spacial score (nSPS) is 10.4. The van der Waals surface area contributed by atoms with Crippen LogP contribution in [-0.2, 0) is 0 Å². The average molecular weight is 215 g/mol. The summed E-state index contributed by atoms with van der Waals surface area (Å²) in [6, 6.07) is 11.1. The van der Waals surface area contributed by atoms with Gasteiger partial charge in [0.15, 0.2) is 0 Å². The van der Waals surface area contributed by atoms with Crippen molar-refractivity contribution in [1.29, 1.82) is 0 Å². The molecule has 2 aromatic carbocycles. The van der Waals surface area contributed by atoms with Crippen LogP contribution in [0, 0.1) is 0 Å². The number of nitrogens with zero attached hydrogens (tertiary/aromatic N) is 1. The van der Waals surface area contributed by atoms with E-state index in [0.717, 1.165) is 16.5 Å². The third kappa shape index (κ3) is 1.84. The van der Waals surface area contributed by atoms with Crippen molar-refractivity contribution in [3.8, 4) is 0 Å². The maximum absolute atomic E-state index is 10.8. The molecular formula is C13H13NO2. The predicted molar refractivity (Wildman–Crippen MR) is 65.2 cm³/mol. The Labute approximate surface area is 93.9 Å². The molecule has 1 N–H and O–H groups in total. The fourth-order valence-corrected chi connectivity index (χ4v) is 1.64. The van der Waals surface area contributed by atoms with E-state index in [1.54, 1.807) is 12.1 Å². The second kappa shape index (κ2) is 3.85. The highest BCUT2D eigenvalue weighted by Crippen LogP contribution is 2.21. The van der Waals surface area contributed by atoms with Crippen LogP contribution in [0.25, 0.3) is 10.8 Å². The van der Waals surface area contributed by atoms with Crippen molar-refractivity contribution in [1.82, 2.24) is 0 Å². The molecule has 0 saturated heterocycles. The highest BCUT2D eigenvalue weighted by atomic mass is 16.4. The van der Waals surface area contributed by atoms with Gasteiger partial charge in [0.05, 0.1) is 5.56 Å². The molecule has 0 aromatic heterocycles. The van der Waals surface area contributed by atoms with Crippen LogP contribution in [0.3, 0.4) is 0 Å². The molecule has 16 heavy (non-hydrogen) atoms. The number of rotatable bonds is 2. The van der Waals surface area contributed by atoms with E-state index in [0.29, 0.717) is 5.56 Å². The molecule has 0 spiro atoms. The Morgan fingerprint density at radius 3 is 2.31 bits per heavy atom. The second-order valence-corrected chi connectivity index (χ2v) is 3.95. The number of hydrogen-bond acceptors (Lipinski definition) is 2. The van der Waals surface area contributed by atoms with Gasteiger partial charge < -0.3 is 10.0 Å². The Bertz CT molecular complexity index is 547. The number of carbonyl (C=O) groups is 1. The van der Waals surface area contributed by atoms with Crippen molar-refractivity contribution in [2.24, 2.45) is 0 Å². The fourth-order valence-electron chi connectivity index (χ4n) is 1.64. The van der Waals surface area contributed by atoms with Crippen LogP contribution >= 0.6 is 0 Å². The van der Waals surface area contributed by atoms with Crippen molar-refractivity contribution >= 4 is 22.4 Å². The average Bonchev–Trinajstić information content (AvgIpc) is 2.27. The monoisotopic (exact) mass is 215 g/mol. The maximum Gasteiger partial charge on any atom is 0.335 e. The number of fused-ring (bicyclic) bond motifs is 1. The van der Waals surface area contributed by atoms with Crippen molar-refractivity contribution in [2.45, 2.75) is 0 Å². The number of hydrogen-bond donors (Lipinski definition) is 1. The third-order valence-corrected chi connectivity index (χ3v) is 2.59. The van der Waals surface area contributed by atoms with Gasteiger partial charge in [-0.05, 0) is 35.0 Å². The molecule has 0 unspecified atom stereocenters. The van der Waals surface area contributed by atoms with E-state index in [1.807, 2.05) is 43.3 Å². The van der Waals surface area contributed by atoms with Gasteiger partial charge in [0.1, 0.15) is 0 Å². The first kappa shape index (κ1) is 10.5. The summed E-state index contributed by atoms with van der Waals surface area (Å²) in [5.41, 5.74) is 1.43. The molecule has 0 bridgehead atoms. The van der Waals surface area contributed by atoms with Gasteiger partial charge in [-0.2, -0.15) is 0 Å². The zero-order valence-electron chi connectivity index (χ0n) is 9.27.